The molecular formula is C6H13NO3. The van der Waals surface area contributed by atoms with Gasteiger partial charge in [-0.1, -0.05) is 0 Å². The Hall–Kier alpha value is -0.160. The summed E-state index contributed by atoms with van der Waals surface area (Å²) >= 11 is 0. The Morgan fingerprint density at radius 1 is 1.60 bits per heavy atom. The maximum absolute atomic E-state index is 5.05. The van der Waals surface area contributed by atoms with E-state index >= 15 is 0 Å². The molecule has 0 saturated carbocycles. The smallest absolute Gasteiger partial charge is 0.188 e. The molecule has 0 aliphatic rings. The van der Waals surface area contributed by atoms with Crippen molar-refractivity contribution in [3.63, 3.8) is 0 Å². The van der Waals surface area contributed by atoms with E-state index in [0.29, 0.717) is 0 Å². The lowest BCUT2D eigenvalue weighted by atomic mass is 10.5. The van der Waals surface area contributed by atoms with Crippen molar-refractivity contribution < 1.29 is 14.3 Å². The van der Waals surface area contributed by atoms with Gasteiger partial charge in [-0.2, -0.15) is 0 Å². The van der Waals surface area contributed by atoms with Gasteiger partial charge in [0.25, 0.3) is 0 Å². The van der Waals surface area contributed by atoms with Gasteiger partial charge in [0.2, 0.25) is 0 Å². The predicted molar refractivity (Wildman–Crippen MR) is 36.3 cm³/mol. The minimum atomic E-state index is -0.544. The molecule has 10 heavy (non-hydrogen) atoms. The zero-order valence-electron chi connectivity index (χ0n) is 6.24. The van der Waals surface area contributed by atoms with Gasteiger partial charge in [0.05, 0.1) is 6.10 Å². The highest BCUT2D eigenvalue weighted by molar-refractivity contribution is 4.59. The second-order valence-electron chi connectivity index (χ2n) is 1.82. The molecule has 0 spiro atoms. The van der Waals surface area contributed by atoms with Crippen molar-refractivity contribution in [2.24, 2.45) is 5.90 Å². The van der Waals surface area contributed by atoms with Crippen LogP contribution in [0.25, 0.3) is 0 Å². The quantitative estimate of drug-likeness (QED) is 0.447. The Kier molecular flexibility index (Phi) is 5.52. The van der Waals surface area contributed by atoms with Crippen LogP contribution >= 0.6 is 0 Å². The highest BCUT2D eigenvalue weighted by Crippen LogP contribution is 2.00. The van der Waals surface area contributed by atoms with E-state index in [-0.39, 0.29) is 6.10 Å². The number of methoxy groups -OCH3 is 1. The first-order valence-corrected chi connectivity index (χ1v) is 2.91. The normalized spacial score (nSPS) is 14.1. The van der Waals surface area contributed by atoms with Gasteiger partial charge in [0.1, 0.15) is 0 Å². The maximum Gasteiger partial charge on any atom is 0.188 e. The standard InChI is InChI=1S/C6H13NO3/c1-5(2)10-6(8-3)4-9-7/h4-6H,1,7H2,2-3H3. The first kappa shape index (κ1) is 9.84. The maximum atomic E-state index is 5.05. The van der Waals surface area contributed by atoms with Crippen LogP contribution in [0.1, 0.15) is 6.92 Å². The third-order valence-corrected chi connectivity index (χ3v) is 0.788. The average molecular weight is 147 g/mol. The average Bonchev–Trinajstić information content (AvgIpc) is 1.86. The van der Waals surface area contributed by atoms with E-state index in [2.05, 4.69) is 11.8 Å². The Balaban J connectivity index is 3.39. The molecule has 2 radical (unpaired) electrons. The molecule has 0 aliphatic carbocycles. The summed E-state index contributed by atoms with van der Waals surface area (Å²) in [7, 11) is 1.49. The summed E-state index contributed by atoms with van der Waals surface area (Å²) in [4.78, 5) is 4.19. The third-order valence-electron chi connectivity index (χ3n) is 0.788. The lowest BCUT2D eigenvalue weighted by Gasteiger charge is -2.16. The van der Waals surface area contributed by atoms with Gasteiger partial charge in [-0.25, -0.2) is 5.90 Å². The van der Waals surface area contributed by atoms with E-state index in [4.69, 9.17) is 15.4 Å². The van der Waals surface area contributed by atoms with Crippen molar-refractivity contribution in [2.75, 3.05) is 7.11 Å². The summed E-state index contributed by atoms with van der Waals surface area (Å²) in [6.07, 6.45) is -0.700. The summed E-state index contributed by atoms with van der Waals surface area (Å²) in [6.45, 7) is 6.62. The highest BCUT2D eigenvalue weighted by Gasteiger charge is 2.09. The van der Waals surface area contributed by atoms with Crippen LogP contribution < -0.4 is 5.90 Å². The first-order chi connectivity index (χ1) is 4.70. The van der Waals surface area contributed by atoms with Gasteiger partial charge >= 0.3 is 0 Å². The van der Waals surface area contributed by atoms with Crippen LogP contribution in [0, 0.1) is 13.5 Å². The summed E-state index contributed by atoms with van der Waals surface area (Å²) in [5.41, 5.74) is 0. The summed E-state index contributed by atoms with van der Waals surface area (Å²) in [6, 6.07) is 0. The number of nitrogens with two attached hydrogens (primary N) is 1. The summed E-state index contributed by atoms with van der Waals surface area (Å²) in [5, 5.41) is 0. The summed E-state index contributed by atoms with van der Waals surface area (Å²) < 4.78 is 9.82. The van der Waals surface area contributed by atoms with Gasteiger partial charge < -0.3 is 9.47 Å². The second-order valence-corrected chi connectivity index (χ2v) is 1.82. The Bertz CT molecular complexity index is 77.4. The zero-order chi connectivity index (χ0) is 7.98. The molecule has 0 aromatic carbocycles. The third kappa shape index (κ3) is 4.69. The van der Waals surface area contributed by atoms with Gasteiger partial charge in [0, 0.05) is 7.11 Å². The molecule has 2 atom stereocenters. The molecule has 2 N–H and O–H groups in total. The molecule has 0 aliphatic heterocycles. The number of hydrogen-bond donors (Lipinski definition) is 1. The molecule has 2 unspecified atom stereocenters. The second kappa shape index (κ2) is 5.61. The topological polar surface area (TPSA) is 53.7 Å². The zero-order valence-corrected chi connectivity index (χ0v) is 6.24. The van der Waals surface area contributed by atoms with E-state index in [1.165, 1.54) is 13.7 Å². The monoisotopic (exact) mass is 147 g/mol. The molecule has 4 nitrogen and oxygen atoms in total. The van der Waals surface area contributed by atoms with Crippen LogP contribution in [-0.2, 0) is 14.3 Å². The van der Waals surface area contributed by atoms with E-state index < -0.39 is 6.29 Å². The minimum Gasteiger partial charge on any atom is -0.353 e. The molecule has 0 saturated heterocycles. The van der Waals surface area contributed by atoms with Crippen LogP contribution in [0.4, 0.5) is 0 Å². The van der Waals surface area contributed by atoms with E-state index in [1.807, 2.05) is 0 Å². The van der Waals surface area contributed by atoms with Gasteiger partial charge in [-0.05, 0) is 13.8 Å². The molecular weight excluding hydrogens is 134 g/mol. The largest absolute Gasteiger partial charge is 0.353 e. The van der Waals surface area contributed by atoms with E-state index in [0.717, 1.165) is 0 Å². The molecule has 0 aromatic heterocycles. The predicted octanol–water partition coefficient (Wildman–Crippen LogP) is 0.250. The van der Waals surface area contributed by atoms with Crippen molar-refractivity contribution >= 4 is 0 Å². The fourth-order valence-corrected chi connectivity index (χ4v) is 0.436. The van der Waals surface area contributed by atoms with Crippen LogP contribution in [0.2, 0.25) is 0 Å². The molecule has 60 valence electrons. The van der Waals surface area contributed by atoms with Crippen LogP contribution in [0.3, 0.4) is 0 Å². The Labute approximate surface area is 61.2 Å². The highest BCUT2D eigenvalue weighted by atomic mass is 16.7. The Morgan fingerprint density at radius 3 is 2.50 bits per heavy atom. The number of rotatable bonds is 5. The SMILES string of the molecule is [CH2]C(C)OC([CH]ON)OC. The summed E-state index contributed by atoms with van der Waals surface area (Å²) in [5.74, 6) is 4.74. The van der Waals surface area contributed by atoms with Crippen molar-refractivity contribution in [1.29, 1.82) is 0 Å². The lowest BCUT2D eigenvalue weighted by molar-refractivity contribution is -0.145. The number of ether oxygens (including phenoxy) is 2. The van der Waals surface area contributed by atoms with Gasteiger partial charge in [-0.15, -0.1) is 0 Å². The molecule has 0 fully saturated rings. The van der Waals surface area contributed by atoms with Crippen molar-refractivity contribution in [3.8, 4) is 0 Å². The van der Waals surface area contributed by atoms with Gasteiger partial charge in [0.15, 0.2) is 12.9 Å². The molecule has 0 heterocycles. The fourth-order valence-electron chi connectivity index (χ4n) is 0.436. The van der Waals surface area contributed by atoms with Crippen LogP contribution in [0.5, 0.6) is 0 Å². The minimum absolute atomic E-state index is 0.156. The van der Waals surface area contributed by atoms with Crippen molar-refractivity contribution in [3.05, 3.63) is 13.5 Å². The van der Waals surface area contributed by atoms with Crippen LogP contribution in [-0.4, -0.2) is 19.5 Å². The molecule has 0 amide bonds. The Morgan fingerprint density at radius 2 is 2.20 bits per heavy atom. The lowest BCUT2D eigenvalue weighted by Crippen LogP contribution is -2.22. The van der Waals surface area contributed by atoms with Crippen molar-refractivity contribution in [1.82, 2.24) is 0 Å². The van der Waals surface area contributed by atoms with E-state index in [1.54, 1.807) is 6.92 Å². The fraction of sp³-hybridized carbons (Fsp3) is 0.667. The first-order valence-electron chi connectivity index (χ1n) is 2.91. The number of hydrogen-bond acceptors (Lipinski definition) is 4. The molecule has 4 heteroatoms. The van der Waals surface area contributed by atoms with Gasteiger partial charge in [-0.3, -0.25) is 4.84 Å². The molecule has 0 rings (SSSR count). The molecule has 0 bridgehead atoms. The van der Waals surface area contributed by atoms with Crippen molar-refractivity contribution in [2.45, 2.75) is 19.3 Å². The van der Waals surface area contributed by atoms with Crippen LogP contribution in [0.15, 0.2) is 0 Å². The molecule has 0 aromatic rings. The van der Waals surface area contributed by atoms with E-state index in [9.17, 15) is 0 Å².